The quantitative estimate of drug-likeness (QED) is 0.674. The van der Waals surface area contributed by atoms with Gasteiger partial charge in [0.1, 0.15) is 12.4 Å². The number of nitrogens with one attached hydrogen (secondary N) is 2. The molecule has 0 radical (unpaired) electrons. The van der Waals surface area contributed by atoms with Crippen LogP contribution in [0, 0.1) is 5.82 Å². The number of aromatic nitrogens is 2. The number of carbonyl (C=O) groups excluding carboxylic acids is 3. The fraction of sp³-hybridized carbons (Fsp3) is 0.421. The molecule has 0 aliphatic heterocycles. The van der Waals surface area contributed by atoms with E-state index in [0.29, 0.717) is 10.2 Å². The van der Waals surface area contributed by atoms with Gasteiger partial charge in [0.05, 0.1) is 0 Å². The summed E-state index contributed by atoms with van der Waals surface area (Å²) in [5.74, 6) is -3.18. The second kappa shape index (κ2) is 9.81. The van der Waals surface area contributed by atoms with E-state index in [1.54, 1.807) is 0 Å². The summed E-state index contributed by atoms with van der Waals surface area (Å²) in [6.45, 7) is -1.28. The van der Waals surface area contributed by atoms with Gasteiger partial charge in [-0.2, -0.15) is 4.68 Å². The molecule has 30 heavy (non-hydrogen) atoms. The molecular formula is C19H21FN4O6. The zero-order valence-corrected chi connectivity index (χ0v) is 16.1. The number of rotatable bonds is 6. The summed E-state index contributed by atoms with van der Waals surface area (Å²) in [5.41, 5.74) is 0.351. The van der Waals surface area contributed by atoms with Crippen molar-refractivity contribution in [3.05, 3.63) is 40.6 Å². The molecule has 2 N–H and O–H groups in total. The molecule has 1 aliphatic carbocycles. The minimum absolute atomic E-state index is 0.0310. The number of nitrogens with zero attached hydrogens (tertiary/aromatic N) is 2. The van der Waals surface area contributed by atoms with Crippen LogP contribution in [-0.4, -0.2) is 40.3 Å². The first-order valence-electron chi connectivity index (χ1n) is 9.50. The van der Waals surface area contributed by atoms with E-state index in [0.717, 1.165) is 32.1 Å². The highest BCUT2D eigenvalue weighted by atomic mass is 19.1. The first-order chi connectivity index (χ1) is 14.4. The van der Waals surface area contributed by atoms with Gasteiger partial charge in [-0.1, -0.05) is 19.3 Å². The van der Waals surface area contributed by atoms with Gasteiger partial charge in [0.15, 0.2) is 6.61 Å². The van der Waals surface area contributed by atoms with Crippen LogP contribution in [0.25, 0.3) is 11.5 Å². The van der Waals surface area contributed by atoms with E-state index in [-0.39, 0.29) is 11.9 Å². The van der Waals surface area contributed by atoms with Crippen LogP contribution >= 0.6 is 0 Å². The predicted octanol–water partition coefficient (Wildman–Crippen LogP) is 1.34. The molecule has 0 atom stereocenters. The molecule has 2 aromatic rings. The Balaban J connectivity index is 1.45. The molecule has 1 heterocycles. The number of imide groups is 1. The van der Waals surface area contributed by atoms with Crippen molar-refractivity contribution < 1.29 is 27.9 Å². The van der Waals surface area contributed by atoms with Gasteiger partial charge < -0.3 is 14.5 Å². The third kappa shape index (κ3) is 6.00. The highest BCUT2D eigenvalue weighted by molar-refractivity contribution is 5.95. The number of hydrogen-bond donors (Lipinski definition) is 2. The Hall–Kier alpha value is -3.50. The van der Waals surface area contributed by atoms with E-state index in [4.69, 9.17) is 9.15 Å². The maximum Gasteiger partial charge on any atom is 0.437 e. The number of benzene rings is 1. The lowest BCUT2D eigenvalue weighted by atomic mass is 9.96. The average Bonchev–Trinajstić information content (AvgIpc) is 3.08. The van der Waals surface area contributed by atoms with Gasteiger partial charge in [0.25, 0.3) is 5.91 Å². The Bertz CT molecular complexity index is 962. The SMILES string of the molecule is O=C(COC(=O)Cn1nc(-c2ccc(F)cc2)oc1=O)NC(=O)NC1CCCCC1. The number of carbonyl (C=O) groups is 3. The van der Waals surface area contributed by atoms with Gasteiger partial charge in [-0.3, -0.25) is 14.9 Å². The second-order valence-corrected chi connectivity index (χ2v) is 6.85. The minimum Gasteiger partial charge on any atom is -0.454 e. The topological polar surface area (TPSA) is 133 Å². The average molecular weight is 420 g/mol. The summed E-state index contributed by atoms with van der Waals surface area (Å²) < 4.78 is 23.4. The minimum atomic E-state index is -0.918. The van der Waals surface area contributed by atoms with Crippen molar-refractivity contribution in [2.75, 3.05) is 6.61 Å². The van der Waals surface area contributed by atoms with Gasteiger partial charge in [-0.05, 0) is 37.1 Å². The van der Waals surface area contributed by atoms with Crippen molar-refractivity contribution in [2.45, 2.75) is 44.7 Å². The largest absolute Gasteiger partial charge is 0.454 e. The highest BCUT2D eigenvalue weighted by Crippen LogP contribution is 2.17. The van der Waals surface area contributed by atoms with E-state index in [9.17, 15) is 23.6 Å². The van der Waals surface area contributed by atoms with Gasteiger partial charge in [0, 0.05) is 11.6 Å². The van der Waals surface area contributed by atoms with Gasteiger partial charge in [-0.15, -0.1) is 5.10 Å². The van der Waals surface area contributed by atoms with Crippen LogP contribution in [0.1, 0.15) is 32.1 Å². The van der Waals surface area contributed by atoms with Crippen molar-refractivity contribution in [3.63, 3.8) is 0 Å². The van der Waals surface area contributed by atoms with Crippen LogP contribution in [0.15, 0.2) is 33.5 Å². The van der Waals surface area contributed by atoms with Crippen molar-refractivity contribution in [3.8, 4) is 11.5 Å². The van der Waals surface area contributed by atoms with Crippen molar-refractivity contribution in [1.82, 2.24) is 20.4 Å². The lowest BCUT2D eigenvalue weighted by Gasteiger charge is -2.22. The molecule has 0 unspecified atom stereocenters. The summed E-state index contributed by atoms with van der Waals surface area (Å²) in [6, 6.07) is 4.47. The van der Waals surface area contributed by atoms with E-state index in [2.05, 4.69) is 15.7 Å². The first kappa shape index (κ1) is 21.2. The Labute approximate surface area is 170 Å². The maximum absolute atomic E-state index is 13.0. The molecule has 1 aliphatic rings. The second-order valence-electron chi connectivity index (χ2n) is 6.85. The molecule has 3 amide bonds. The third-order valence-electron chi connectivity index (χ3n) is 4.53. The van der Waals surface area contributed by atoms with Crippen LogP contribution in [0.2, 0.25) is 0 Å². The van der Waals surface area contributed by atoms with Crippen LogP contribution in [0.3, 0.4) is 0 Å². The first-order valence-corrected chi connectivity index (χ1v) is 9.50. The zero-order valence-electron chi connectivity index (χ0n) is 16.1. The number of ether oxygens (including phenoxy) is 1. The number of urea groups is 1. The Morgan fingerprint density at radius 1 is 1.17 bits per heavy atom. The third-order valence-corrected chi connectivity index (χ3v) is 4.53. The summed E-state index contributed by atoms with van der Waals surface area (Å²) in [4.78, 5) is 47.2. The fourth-order valence-electron chi connectivity index (χ4n) is 3.06. The van der Waals surface area contributed by atoms with Gasteiger partial charge in [0.2, 0.25) is 5.89 Å². The number of hydrogen-bond acceptors (Lipinski definition) is 7. The Kier molecular flexibility index (Phi) is 6.94. The van der Waals surface area contributed by atoms with E-state index in [1.165, 1.54) is 24.3 Å². The Morgan fingerprint density at radius 2 is 1.87 bits per heavy atom. The lowest BCUT2D eigenvalue weighted by Crippen LogP contribution is -2.46. The van der Waals surface area contributed by atoms with Crippen LogP contribution in [-0.2, 0) is 20.9 Å². The standard InChI is InChI=1S/C19H21FN4O6/c20-13-8-6-12(7-9-13)17-23-24(19(28)30-17)10-16(26)29-11-15(25)22-18(27)21-14-4-2-1-3-5-14/h6-9,14H,1-5,10-11H2,(H2,21,22,25,27). The summed E-state index contributed by atoms with van der Waals surface area (Å²) >= 11 is 0. The van der Waals surface area contributed by atoms with E-state index < -0.39 is 42.6 Å². The van der Waals surface area contributed by atoms with Crippen LogP contribution in [0.4, 0.5) is 9.18 Å². The number of esters is 1. The monoisotopic (exact) mass is 420 g/mol. The number of halogens is 1. The molecule has 1 aromatic carbocycles. The van der Waals surface area contributed by atoms with Crippen molar-refractivity contribution in [2.24, 2.45) is 0 Å². The van der Waals surface area contributed by atoms with Gasteiger partial charge >= 0.3 is 17.8 Å². The predicted molar refractivity (Wildman–Crippen MR) is 101 cm³/mol. The lowest BCUT2D eigenvalue weighted by molar-refractivity contribution is -0.149. The molecule has 1 saturated carbocycles. The Morgan fingerprint density at radius 3 is 2.57 bits per heavy atom. The van der Waals surface area contributed by atoms with Crippen molar-refractivity contribution in [1.29, 1.82) is 0 Å². The zero-order chi connectivity index (χ0) is 21.5. The molecule has 3 rings (SSSR count). The van der Waals surface area contributed by atoms with E-state index >= 15 is 0 Å². The highest BCUT2D eigenvalue weighted by Gasteiger charge is 2.18. The van der Waals surface area contributed by atoms with Crippen LogP contribution in [0.5, 0.6) is 0 Å². The molecular weight excluding hydrogens is 399 g/mol. The maximum atomic E-state index is 13.0. The summed E-state index contributed by atoms with van der Waals surface area (Å²) in [7, 11) is 0. The molecule has 160 valence electrons. The molecule has 11 heteroatoms. The molecule has 1 aromatic heterocycles. The molecule has 1 fully saturated rings. The van der Waals surface area contributed by atoms with Crippen molar-refractivity contribution >= 4 is 17.9 Å². The smallest absolute Gasteiger partial charge is 0.437 e. The van der Waals surface area contributed by atoms with Gasteiger partial charge in [-0.25, -0.2) is 14.0 Å². The summed E-state index contributed by atoms with van der Waals surface area (Å²) in [5, 5.41) is 8.63. The summed E-state index contributed by atoms with van der Waals surface area (Å²) in [6.07, 6.45) is 4.92. The molecule has 0 saturated heterocycles. The molecule has 10 nitrogen and oxygen atoms in total. The van der Waals surface area contributed by atoms with Crippen LogP contribution < -0.4 is 16.4 Å². The molecule has 0 spiro atoms. The fourth-order valence-corrected chi connectivity index (χ4v) is 3.06. The van der Waals surface area contributed by atoms with E-state index in [1.807, 2.05) is 0 Å². The number of amides is 3. The molecule has 0 bridgehead atoms. The normalized spacial score (nSPS) is 14.2.